The summed E-state index contributed by atoms with van der Waals surface area (Å²) in [7, 11) is 0. The highest BCUT2D eigenvalue weighted by Gasteiger charge is 2.43. The van der Waals surface area contributed by atoms with E-state index in [9.17, 15) is 18.4 Å². The number of hydrogen-bond donors (Lipinski definition) is 2. The van der Waals surface area contributed by atoms with Gasteiger partial charge < -0.3 is 10.4 Å². The fraction of sp³-hybridized carbons (Fsp3) is 0.429. The van der Waals surface area contributed by atoms with Crippen molar-refractivity contribution >= 4 is 11.9 Å². The smallest absolute Gasteiger partial charge is 0.349 e. The van der Waals surface area contributed by atoms with Gasteiger partial charge in [-0.25, -0.2) is 4.79 Å². The molecule has 0 aliphatic rings. The Morgan fingerprint density at radius 1 is 1.30 bits per heavy atom. The molecule has 0 fully saturated rings. The van der Waals surface area contributed by atoms with Gasteiger partial charge in [0.25, 0.3) is 5.91 Å². The van der Waals surface area contributed by atoms with Gasteiger partial charge in [0.1, 0.15) is 6.04 Å². The van der Waals surface area contributed by atoms with E-state index < -0.39 is 35.3 Å². The van der Waals surface area contributed by atoms with Crippen LogP contribution < -0.4 is 5.32 Å². The van der Waals surface area contributed by atoms with E-state index in [2.05, 4.69) is 0 Å². The molecule has 0 radical (unpaired) electrons. The van der Waals surface area contributed by atoms with Crippen LogP contribution in [0.1, 0.15) is 25.8 Å². The average Bonchev–Trinajstić information content (AvgIpc) is 2.44. The Kier molecular flexibility index (Phi) is 5.19. The van der Waals surface area contributed by atoms with Gasteiger partial charge in [0.15, 0.2) is 0 Å². The minimum atomic E-state index is -3.76. The van der Waals surface area contributed by atoms with E-state index in [4.69, 9.17) is 5.11 Å². The van der Waals surface area contributed by atoms with Gasteiger partial charge in [-0.2, -0.15) is 8.78 Å². The van der Waals surface area contributed by atoms with E-state index in [1.807, 2.05) is 5.32 Å². The standard InChI is InChI=1S/C14H17F2NO3/c1-3-9(2)11(12(18)19)17-13(20)14(15,16)10-7-5-4-6-8-10/h4-9,11H,3H2,1-2H3,(H,17,20)(H,18,19). The number of alkyl halides is 2. The minimum Gasteiger partial charge on any atom is -0.480 e. The van der Waals surface area contributed by atoms with Crippen LogP contribution in [0.5, 0.6) is 0 Å². The number of rotatable bonds is 6. The molecule has 0 bridgehead atoms. The van der Waals surface area contributed by atoms with Gasteiger partial charge in [0.05, 0.1) is 0 Å². The Balaban J connectivity index is 2.91. The van der Waals surface area contributed by atoms with Crippen molar-refractivity contribution in [2.75, 3.05) is 0 Å². The Bertz CT molecular complexity index is 477. The van der Waals surface area contributed by atoms with Crippen LogP contribution in [0.3, 0.4) is 0 Å². The normalized spacial score (nSPS) is 14.4. The molecule has 0 aliphatic heterocycles. The Morgan fingerprint density at radius 3 is 2.30 bits per heavy atom. The molecule has 2 N–H and O–H groups in total. The maximum atomic E-state index is 13.9. The van der Waals surface area contributed by atoms with Crippen molar-refractivity contribution in [3.05, 3.63) is 35.9 Å². The van der Waals surface area contributed by atoms with Gasteiger partial charge in [-0.1, -0.05) is 50.6 Å². The van der Waals surface area contributed by atoms with E-state index in [-0.39, 0.29) is 0 Å². The molecule has 1 rings (SSSR count). The molecule has 0 aliphatic carbocycles. The van der Waals surface area contributed by atoms with Crippen LogP contribution >= 0.6 is 0 Å². The van der Waals surface area contributed by atoms with Gasteiger partial charge in [-0.3, -0.25) is 4.79 Å². The third kappa shape index (κ3) is 3.53. The van der Waals surface area contributed by atoms with Gasteiger partial charge in [0, 0.05) is 5.56 Å². The van der Waals surface area contributed by atoms with Crippen molar-refractivity contribution in [2.24, 2.45) is 5.92 Å². The zero-order valence-corrected chi connectivity index (χ0v) is 11.3. The zero-order valence-electron chi connectivity index (χ0n) is 11.3. The second-order valence-electron chi connectivity index (χ2n) is 4.62. The number of carbonyl (C=O) groups is 2. The molecule has 6 heteroatoms. The van der Waals surface area contributed by atoms with E-state index in [0.717, 1.165) is 12.1 Å². The topological polar surface area (TPSA) is 66.4 Å². The molecule has 0 saturated heterocycles. The fourth-order valence-corrected chi connectivity index (χ4v) is 1.69. The summed E-state index contributed by atoms with van der Waals surface area (Å²) in [6, 6.07) is 5.25. The highest BCUT2D eigenvalue weighted by molar-refractivity contribution is 5.89. The summed E-state index contributed by atoms with van der Waals surface area (Å²) >= 11 is 0. The second-order valence-corrected chi connectivity index (χ2v) is 4.62. The predicted molar refractivity (Wildman–Crippen MR) is 69.4 cm³/mol. The van der Waals surface area contributed by atoms with Crippen LogP contribution in [0.15, 0.2) is 30.3 Å². The number of carboxylic acids is 1. The van der Waals surface area contributed by atoms with Gasteiger partial charge >= 0.3 is 11.9 Å². The minimum absolute atomic E-state index is 0.442. The first kappa shape index (κ1) is 16.1. The molecule has 20 heavy (non-hydrogen) atoms. The molecular weight excluding hydrogens is 268 g/mol. The highest BCUT2D eigenvalue weighted by atomic mass is 19.3. The Hall–Kier alpha value is -1.98. The van der Waals surface area contributed by atoms with Gasteiger partial charge in [-0.15, -0.1) is 0 Å². The number of carboxylic acid groups (broad SMARTS) is 1. The largest absolute Gasteiger partial charge is 0.480 e. The monoisotopic (exact) mass is 285 g/mol. The summed E-state index contributed by atoms with van der Waals surface area (Å²) in [5, 5.41) is 10.9. The molecule has 0 saturated carbocycles. The second kappa shape index (κ2) is 6.45. The number of carbonyl (C=O) groups excluding carboxylic acids is 1. The number of halogens is 2. The molecule has 2 atom stereocenters. The van der Waals surface area contributed by atoms with Crippen LogP contribution in [0, 0.1) is 5.92 Å². The first-order chi connectivity index (χ1) is 9.30. The van der Waals surface area contributed by atoms with Gasteiger partial charge in [0.2, 0.25) is 0 Å². The SMILES string of the molecule is CCC(C)C(NC(=O)C(F)(F)c1ccccc1)C(=O)O. The fourth-order valence-electron chi connectivity index (χ4n) is 1.69. The maximum absolute atomic E-state index is 13.9. The maximum Gasteiger partial charge on any atom is 0.349 e. The van der Waals surface area contributed by atoms with Crippen molar-refractivity contribution in [3.63, 3.8) is 0 Å². The molecule has 2 unspecified atom stereocenters. The molecule has 1 aromatic rings. The molecule has 1 amide bonds. The number of amides is 1. The van der Waals surface area contributed by atoms with Crippen molar-refractivity contribution in [1.82, 2.24) is 5.32 Å². The number of nitrogens with one attached hydrogen (secondary N) is 1. The lowest BCUT2D eigenvalue weighted by atomic mass is 9.98. The van der Waals surface area contributed by atoms with Crippen LogP contribution in [0.4, 0.5) is 8.78 Å². The van der Waals surface area contributed by atoms with E-state index in [0.29, 0.717) is 6.42 Å². The third-order valence-corrected chi connectivity index (χ3v) is 3.19. The summed E-state index contributed by atoms with van der Waals surface area (Å²) in [5.74, 6) is -7.13. The van der Waals surface area contributed by atoms with Crippen LogP contribution in [-0.4, -0.2) is 23.0 Å². The van der Waals surface area contributed by atoms with E-state index in [1.165, 1.54) is 12.1 Å². The number of benzene rings is 1. The summed E-state index contributed by atoms with van der Waals surface area (Å²) in [4.78, 5) is 22.7. The summed E-state index contributed by atoms with van der Waals surface area (Å²) < 4.78 is 27.9. The summed E-state index contributed by atoms with van der Waals surface area (Å²) in [5.41, 5.74) is -0.467. The number of aliphatic carboxylic acids is 1. The van der Waals surface area contributed by atoms with Crippen molar-refractivity contribution < 1.29 is 23.5 Å². The van der Waals surface area contributed by atoms with Crippen molar-refractivity contribution in [3.8, 4) is 0 Å². The van der Waals surface area contributed by atoms with Gasteiger partial charge in [-0.05, 0) is 5.92 Å². The summed E-state index contributed by atoms with van der Waals surface area (Å²) in [6.45, 7) is 3.31. The lowest BCUT2D eigenvalue weighted by Gasteiger charge is -2.23. The number of hydrogen-bond acceptors (Lipinski definition) is 2. The molecule has 4 nitrogen and oxygen atoms in total. The lowest BCUT2D eigenvalue weighted by molar-refractivity contribution is -0.153. The van der Waals surface area contributed by atoms with E-state index in [1.54, 1.807) is 19.9 Å². The van der Waals surface area contributed by atoms with E-state index >= 15 is 0 Å². The molecule has 0 spiro atoms. The average molecular weight is 285 g/mol. The Morgan fingerprint density at radius 2 is 1.85 bits per heavy atom. The van der Waals surface area contributed by atoms with Crippen molar-refractivity contribution in [1.29, 1.82) is 0 Å². The predicted octanol–water partition coefficient (Wildman–Crippen LogP) is 2.39. The summed E-state index contributed by atoms with van der Waals surface area (Å²) in [6.07, 6.45) is 0.453. The van der Waals surface area contributed by atoms with Crippen molar-refractivity contribution in [2.45, 2.75) is 32.2 Å². The van der Waals surface area contributed by atoms with Crippen LogP contribution in [0.25, 0.3) is 0 Å². The molecule has 0 aromatic heterocycles. The highest BCUT2D eigenvalue weighted by Crippen LogP contribution is 2.28. The first-order valence-corrected chi connectivity index (χ1v) is 6.27. The molecule has 0 heterocycles. The quantitative estimate of drug-likeness (QED) is 0.843. The Labute approximate surface area is 115 Å². The third-order valence-electron chi connectivity index (χ3n) is 3.19. The molecule has 110 valence electrons. The van der Waals surface area contributed by atoms with Crippen LogP contribution in [0.2, 0.25) is 0 Å². The molecular formula is C14H17F2NO3. The zero-order chi connectivity index (χ0) is 15.3. The lowest BCUT2D eigenvalue weighted by Crippen LogP contribution is -2.50. The van der Waals surface area contributed by atoms with Crippen LogP contribution in [-0.2, 0) is 15.5 Å². The first-order valence-electron chi connectivity index (χ1n) is 6.27. The molecule has 1 aromatic carbocycles.